The predicted molar refractivity (Wildman–Crippen MR) is 93.1 cm³/mol. The molecule has 7 heteroatoms. The van der Waals surface area contributed by atoms with E-state index in [1.165, 1.54) is 0 Å². The van der Waals surface area contributed by atoms with Crippen LogP contribution in [-0.4, -0.2) is 35.4 Å². The van der Waals surface area contributed by atoms with Crippen LogP contribution in [0.25, 0.3) is 0 Å². The number of aromatic nitrogens is 2. The van der Waals surface area contributed by atoms with Gasteiger partial charge in [0.05, 0.1) is 0 Å². The van der Waals surface area contributed by atoms with E-state index in [2.05, 4.69) is 32.9 Å². The quantitative estimate of drug-likeness (QED) is 0.798. The van der Waals surface area contributed by atoms with Crippen molar-refractivity contribution in [3.8, 4) is 0 Å². The first-order valence-electron chi connectivity index (χ1n) is 9.28. The van der Waals surface area contributed by atoms with Crippen molar-refractivity contribution in [3.05, 3.63) is 23.9 Å². The number of hydrogen-bond donors (Lipinski definition) is 2. The first-order valence-corrected chi connectivity index (χ1v) is 9.28. The van der Waals surface area contributed by atoms with E-state index < -0.39 is 0 Å². The molecule has 0 spiro atoms. The molecule has 3 rings (SSSR count). The van der Waals surface area contributed by atoms with Gasteiger partial charge in [0.1, 0.15) is 6.04 Å². The third-order valence-electron chi connectivity index (χ3n) is 4.83. The fourth-order valence-electron chi connectivity index (χ4n) is 3.32. The van der Waals surface area contributed by atoms with Crippen LogP contribution in [0.3, 0.4) is 0 Å². The maximum Gasteiger partial charge on any atom is 0.315 e. The number of carbonyl (C=O) groups excluding carboxylic acids is 1. The molecular weight excluding hydrogens is 320 g/mol. The van der Waals surface area contributed by atoms with Crippen LogP contribution in [0.5, 0.6) is 0 Å². The third-order valence-corrected chi connectivity index (χ3v) is 4.83. The molecule has 138 valence electrons. The summed E-state index contributed by atoms with van der Waals surface area (Å²) in [7, 11) is 0. The number of nitrogens with zero attached hydrogens (tertiary/aromatic N) is 2. The summed E-state index contributed by atoms with van der Waals surface area (Å²) >= 11 is 0. The van der Waals surface area contributed by atoms with E-state index in [0.29, 0.717) is 24.9 Å². The van der Waals surface area contributed by atoms with Crippen LogP contribution < -0.4 is 10.6 Å². The molecule has 2 N–H and O–H groups in total. The molecule has 2 amide bonds. The first kappa shape index (κ1) is 17.9. The summed E-state index contributed by atoms with van der Waals surface area (Å²) in [4.78, 5) is 17.0. The molecule has 1 aliphatic heterocycles. The van der Waals surface area contributed by atoms with Gasteiger partial charge in [0.2, 0.25) is 5.89 Å². The zero-order chi connectivity index (χ0) is 17.6. The Kier molecular flexibility index (Phi) is 6.07. The Bertz CT molecular complexity index is 593. The number of amides is 2. The molecule has 0 radical (unpaired) electrons. The number of allylic oxidation sites excluding steroid dienone is 1. The highest BCUT2D eigenvalue weighted by Gasteiger charge is 2.32. The second kappa shape index (κ2) is 8.47. The van der Waals surface area contributed by atoms with Gasteiger partial charge >= 0.3 is 6.03 Å². The van der Waals surface area contributed by atoms with Gasteiger partial charge in [-0.15, -0.1) is 0 Å². The standard InChI is InChI=1S/C18H28N4O3/c1-12(2)16-21-17(25-22-16)15(13-8-10-24-11-9-13)20-18(23)19-14-6-4-3-5-7-14/h4,6,12-15H,3,5,7-11H2,1-2H3,(H2,19,20,23)/t14-,15+/m0/s1. The van der Waals surface area contributed by atoms with Crippen molar-refractivity contribution in [1.82, 2.24) is 20.8 Å². The van der Waals surface area contributed by atoms with Crippen molar-refractivity contribution in [2.45, 2.75) is 64.0 Å². The van der Waals surface area contributed by atoms with Gasteiger partial charge in [-0.25, -0.2) is 4.79 Å². The zero-order valence-electron chi connectivity index (χ0n) is 15.0. The number of urea groups is 1. The third kappa shape index (κ3) is 4.81. The highest BCUT2D eigenvalue weighted by Crippen LogP contribution is 2.30. The normalized spacial score (nSPS) is 22.8. The largest absolute Gasteiger partial charge is 0.381 e. The molecule has 0 aromatic carbocycles. The zero-order valence-corrected chi connectivity index (χ0v) is 15.0. The number of carbonyl (C=O) groups is 1. The second-order valence-electron chi connectivity index (χ2n) is 7.16. The number of hydrogen-bond acceptors (Lipinski definition) is 5. The molecule has 2 heterocycles. The van der Waals surface area contributed by atoms with Crippen LogP contribution in [0, 0.1) is 5.92 Å². The summed E-state index contributed by atoms with van der Waals surface area (Å²) < 4.78 is 10.9. The Hall–Kier alpha value is -1.89. The van der Waals surface area contributed by atoms with Crippen LogP contribution in [0.2, 0.25) is 0 Å². The summed E-state index contributed by atoms with van der Waals surface area (Å²) in [5.41, 5.74) is 0. The lowest BCUT2D eigenvalue weighted by Crippen LogP contribution is -2.45. The molecule has 25 heavy (non-hydrogen) atoms. The molecule has 2 aliphatic rings. The maximum atomic E-state index is 12.5. The van der Waals surface area contributed by atoms with Crippen LogP contribution in [0.1, 0.15) is 69.6 Å². The lowest BCUT2D eigenvalue weighted by molar-refractivity contribution is 0.0503. The van der Waals surface area contributed by atoms with Gasteiger partial charge in [0, 0.05) is 25.2 Å². The van der Waals surface area contributed by atoms with E-state index in [9.17, 15) is 4.79 Å². The van der Waals surface area contributed by atoms with Crippen molar-refractivity contribution in [2.24, 2.45) is 5.92 Å². The van der Waals surface area contributed by atoms with Gasteiger partial charge in [-0.3, -0.25) is 0 Å². The Labute approximate surface area is 148 Å². The minimum Gasteiger partial charge on any atom is -0.381 e. The van der Waals surface area contributed by atoms with E-state index in [0.717, 1.165) is 32.1 Å². The summed E-state index contributed by atoms with van der Waals surface area (Å²) in [6.45, 7) is 5.43. The number of rotatable bonds is 5. The van der Waals surface area contributed by atoms with Gasteiger partial charge < -0.3 is 19.9 Å². The van der Waals surface area contributed by atoms with Crippen molar-refractivity contribution < 1.29 is 14.1 Å². The summed E-state index contributed by atoms with van der Waals surface area (Å²) in [6, 6.07) is -0.369. The maximum absolute atomic E-state index is 12.5. The minimum atomic E-state index is -0.281. The van der Waals surface area contributed by atoms with Gasteiger partial charge in [-0.2, -0.15) is 4.98 Å². The lowest BCUT2D eigenvalue weighted by Gasteiger charge is -2.29. The highest BCUT2D eigenvalue weighted by atomic mass is 16.5. The summed E-state index contributed by atoms with van der Waals surface area (Å²) in [5.74, 6) is 1.59. The first-order chi connectivity index (χ1) is 12.1. The smallest absolute Gasteiger partial charge is 0.315 e. The molecular formula is C18H28N4O3. The molecule has 0 unspecified atom stereocenters. The van der Waals surface area contributed by atoms with Gasteiger partial charge in [0.15, 0.2) is 5.82 Å². The molecule has 1 aliphatic carbocycles. The molecule has 1 aromatic rings. The Morgan fingerprint density at radius 1 is 1.28 bits per heavy atom. The predicted octanol–water partition coefficient (Wildman–Crippen LogP) is 3.07. The molecule has 2 atom stereocenters. The SMILES string of the molecule is CC(C)c1noc([C@H](NC(=O)N[C@H]2C=CCCC2)C2CCOCC2)n1. The van der Waals surface area contributed by atoms with E-state index in [1.807, 2.05) is 13.8 Å². The summed E-state index contributed by atoms with van der Waals surface area (Å²) in [6.07, 6.45) is 9.09. The molecule has 7 nitrogen and oxygen atoms in total. The van der Waals surface area contributed by atoms with E-state index >= 15 is 0 Å². The monoisotopic (exact) mass is 348 g/mol. The minimum absolute atomic E-state index is 0.0954. The topological polar surface area (TPSA) is 89.3 Å². The fourth-order valence-corrected chi connectivity index (χ4v) is 3.32. The van der Waals surface area contributed by atoms with Crippen molar-refractivity contribution >= 4 is 6.03 Å². The fraction of sp³-hybridized carbons (Fsp3) is 0.722. The molecule has 1 fully saturated rings. The Morgan fingerprint density at radius 3 is 2.72 bits per heavy atom. The molecule has 0 bridgehead atoms. The van der Waals surface area contributed by atoms with Gasteiger partial charge in [0.25, 0.3) is 0 Å². The molecule has 0 saturated carbocycles. The second-order valence-corrected chi connectivity index (χ2v) is 7.16. The molecule has 1 saturated heterocycles. The average molecular weight is 348 g/mol. The Morgan fingerprint density at radius 2 is 2.08 bits per heavy atom. The van der Waals surface area contributed by atoms with E-state index in [4.69, 9.17) is 9.26 Å². The average Bonchev–Trinajstić information content (AvgIpc) is 3.11. The highest BCUT2D eigenvalue weighted by molar-refractivity contribution is 5.75. The number of ether oxygens (including phenoxy) is 1. The van der Waals surface area contributed by atoms with Crippen molar-refractivity contribution in [2.75, 3.05) is 13.2 Å². The van der Waals surface area contributed by atoms with E-state index in [-0.39, 0.29) is 30.0 Å². The molecule has 1 aromatic heterocycles. The summed E-state index contributed by atoms with van der Waals surface area (Å²) in [5, 5.41) is 10.2. The van der Waals surface area contributed by atoms with Crippen LogP contribution >= 0.6 is 0 Å². The van der Waals surface area contributed by atoms with Crippen molar-refractivity contribution in [1.29, 1.82) is 0 Å². The lowest BCUT2D eigenvalue weighted by atomic mass is 9.91. The van der Waals surface area contributed by atoms with Gasteiger partial charge in [-0.05, 0) is 38.0 Å². The van der Waals surface area contributed by atoms with Crippen LogP contribution in [0.15, 0.2) is 16.7 Å². The Balaban J connectivity index is 1.69. The number of nitrogens with one attached hydrogen (secondary N) is 2. The van der Waals surface area contributed by atoms with Gasteiger partial charge in [-0.1, -0.05) is 31.2 Å². The van der Waals surface area contributed by atoms with Crippen LogP contribution in [-0.2, 0) is 4.74 Å². The van der Waals surface area contributed by atoms with Crippen molar-refractivity contribution in [3.63, 3.8) is 0 Å². The van der Waals surface area contributed by atoms with Crippen LogP contribution in [0.4, 0.5) is 4.79 Å². The van der Waals surface area contributed by atoms with E-state index in [1.54, 1.807) is 0 Å².